The Labute approximate surface area is 168 Å². The lowest BCUT2D eigenvalue weighted by Gasteiger charge is -2.15. The van der Waals surface area contributed by atoms with E-state index in [0.29, 0.717) is 12.3 Å². The first kappa shape index (κ1) is 17.8. The van der Waals surface area contributed by atoms with Gasteiger partial charge in [0, 0.05) is 17.3 Å². The number of pyridine rings is 1. The molecule has 5 rings (SSSR count). The Hall–Kier alpha value is -3.25. The van der Waals surface area contributed by atoms with Crippen LogP contribution in [0, 0.1) is 5.92 Å². The van der Waals surface area contributed by atoms with Gasteiger partial charge in [-0.25, -0.2) is 9.48 Å². The van der Waals surface area contributed by atoms with Crippen molar-refractivity contribution in [3.05, 3.63) is 70.7 Å². The molecule has 2 heterocycles. The summed E-state index contributed by atoms with van der Waals surface area (Å²) >= 11 is 0. The largest absolute Gasteiger partial charge is 0.477 e. The quantitative estimate of drug-likeness (QED) is 0.696. The molecule has 0 radical (unpaired) electrons. The molecule has 1 aromatic carbocycles. The molecular formula is C23H22N4O2. The number of carboxylic acid groups (broad SMARTS) is 1. The van der Waals surface area contributed by atoms with Crippen LogP contribution in [0.5, 0.6) is 0 Å². The lowest BCUT2D eigenvalue weighted by atomic mass is 9.89. The highest BCUT2D eigenvalue weighted by Gasteiger charge is 2.36. The van der Waals surface area contributed by atoms with E-state index in [2.05, 4.69) is 4.98 Å². The van der Waals surface area contributed by atoms with Crippen LogP contribution in [0.2, 0.25) is 0 Å². The number of hydrogen-bond donors (Lipinski definition) is 2. The van der Waals surface area contributed by atoms with Gasteiger partial charge < -0.3 is 10.8 Å². The average Bonchev–Trinajstić information content (AvgIpc) is 3.51. The van der Waals surface area contributed by atoms with Crippen LogP contribution in [0.4, 0.5) is 0 Å². The van der Waals surface area contributed by atoms with E-state index in [-0.39, 0.29) is 11.9 Å². The van der Waals surface area contributed by atoms with Crippen LogP contribution in [0.3, 0.4) is 0 Å². The fraction of sp³-hybridized carbons (Fsp3) is 0.261. The number of nitrogens with zero attached hydrogens (tertiary/aromatic N) is 3. The molecule has 1 unspecified atom stereocenters. The van der Waals surface area contributed by atoms with Crippen molar-refractivity contribution >= 4 is 18.1 Å². The number of aromatic nitrogens is 3. The topological polar surface area (TPSA) is 94.0 Å². The van der Waals surface area contributed by atoms with Crippen LogP contribution >= 0.6 is 0 Å². The Morgan fingerprint density at radius 2 is 2.00 bits per heavy atom. The average molecular weight is 386 g/mol. The summed E-state index contributed by atoms with van der Waals surface area (Å²) in [5, 5.41) is 14.5. The Balaban J connectivity index is 1.56. The van der Waals surface area contributed by atoms with Crippen molar-refractivity contribution in [2.45, 2.75) is 31.8 Å². The maximum absolute atomic E-state index is 12.0. The number of nitrogens with two attached hydrogens (primary N) is 1. The fourth-order valence-electron chi connectivity index (χ4n) is 4.02. The summed E-state index contributed by atoms with van der Waals surface area (Å²) in [7, 11) is 0. The highest BCUT2D eigenvalue weighted by molar-refractivity contribution is 5.91. The van der Waals surface area contributed by atoms with Gasteiger partial charge in [0.15, 0.2) is 5.69 Å². The van der Waals surface area contributed by atoms with E-state index in [1.807, 2.05) is 54.7 Å². The van der Waals surface area contributed by atoms with Crippen LogP contribution in [0.25, 0.3) is 23.4 Å². The second kappa shape index (κ2) is 6.97. The molecule has 0 spiro atoms. The van der Waals surface area contributed by atoms with Crippen molar-refractivity contribution in [3.8, 4) is 11.3 Å². The molecule has 3 N–H and O–H groups in total. The zero-order valence-electron chi connectivity index (χ0n) is 16.0. The van der Waals surface area contributed by atoms with E-state index in [4.69, 9.17) is 10.8 Å². The molecule has 1 saturated carbocycles. The third-order valence-corrected chi connectivity index (χ3v) is 5.75. The molecular weight excluding hydrogens is 364 g/mol. The first-order valence-corrected chi connectivity index (χ1v) is 9.94. The molecule has 146 valence electrons. The Morgan fingerprint density at radius 3 is 2.72 bits per heavy atom. The molecule has 2 aromatic heterocycles. The number of aryl methyl sites for hydroxylation is 1. The third kappa shape index (κ3) is 3.25. The van der Waals surface area contributed by atoms with Gasteiger partial charge in [-0.05, 0) is 54.9 Å². The van der Waals surface area contributed by atoms with E-state index >= 15 is 0 Å². The van der Waals surface area contributed by atoms with E-state index in [1.54, 1.807) is 4.68 Å². The first-order valence-electron chi connectivity index (χ1n) is 9.94. The smallest absolute Gasteiger partial charge is 0.354 e. The molecule has 6 heteroatoms. The normalized spacial score (nSPS) is 16.4. The molecule has 1 atom stereocenters. The number of hydrogen-bond acceptors (Lipinski definition) is 4. The van der Waals surface area contributed by atoms with Gasteiger partial charge >= 0.3 is 5.97 Å². The number of aromatic carboxylic acids is 1. The maximum atomic E-state index is 12.0. The van der Waals surface area contributed by atoms with Crippen molar-refractivity contribution in [2.24, 2.45) is 11.7 Å². The minimum atomic E-state index is -0.962. The molecule has 1 fully saturated rings. The summed E-state index contributed by atoms with van der Waals surface area (Å²) < 4.78 is 1.54. The van der Waals surface area contributed by atoms with Crippen LogP contribution in [-0.2, 0) is 12.8 Å². The summed E-state index contributed by atoms with van der Waals surface area (Å²) in [4.78, 5) is 16.6. The summed E-state index contributed by atoms with van der Waals surface area (Å²) in [6, 6.07) is 12.0. The van der Waals surface area contributed by atoms with Gasteiger partial charge in [-0.1, -0.05) is 36.4 Å². The van der Waals surface area contributed by atoms with Gasteiger partial charge in [0.2, 0.25) is 0 Å². The Morgan fingerprint density at radius 1 is 1.21 bits per heavy atom. The van der Waals surface area contributed by atoms with Crippen molar-refractivity contribution in [2.75, 3.05) is 0 Å². The number of carboxylic acids is 1. The zero-order chi connectivity index (χ0) is 20.0. The second-order valence-corrected chi connectivity index (χ2v) is 7.76. The summed E-state index contributed by atoms with van der Waals surface area (Å²) in [6.07, 6.45) is 8.93. The standard InChI is InChI=1S/C23H22N4O2/c24-22(15-7-8-15)27-21(23(28)29)18-11-9-16-13-25-17(12-19(16)20(18)26-27)10-6-14-4-2-1-3-5-14/h1-6,10,12-13,15,22H,7-9,11,24H2,(H,28,29). The molecule has 2 aliphatic carbocycles. The summed E-state index contributed by atoms with van der Waals surface area (Å²) in [5.41, 5.74) is 12.0. The number of carbonyl (C=O) groups is 1. The Kier molecular flexibility index (Phi) is 4.28. The minimum Gasteiger partial charge on any atom is -0.477 e. The predicted octanol–water partition coefficient (Wildman–Crippen LogP) is 3.78. The molecule has 0 saturated heterocycles. The lowest BCUT2D eigenvalue weighted by molar-refractivity contribution is 0.0678. The summed E-state index contributed by atoms with van der Waals surface area (Å²) in [6.45, 7) is 0. The predicted molar refractivity (Wildman–Crippen MR) is 111 cm³/mol. The van der Waals surface area contributed by atoms with Gasteiger partial charge in [-0.15, -0.1) is 0 Å². The van der Waals surface area contributed by atoms with Gasteiger partial charge in [-0.3, -0.25) is 4.98 Å². The van der Waals surface area contributed by atoms with Crippen LogP contribution in [-0.4, -0.2) is 25.8 Å². The van der Waals surface area contributed by atoms with Crippen LogP contribution < -0.4 is 5.73 Å². The van der Waals surface area contributed by atoms with Crippen LogP contribution in [0.1, 0.15) is 51.9 Å². The summed E-state index contributed by atoms with van der Waals surface area (Å²) in [5.74, 6) is -0.646. The minimum absolute atomic E-state index is 0.239. The van der Waals surface area contributed by atoms with E-state index in [1.165, 1.54) is 0 Å². The Bertz CT molecular complexity index is 1110. The van der Waals surface area contributed by atoms with Gasteiger partial charge in [0.1, 0.15) is 6.17 Å². The molecule has 0 aliphatic heterocycles. The molecule has 29 heavy (non-hydrogen) atoms. The number of fused-ring (bicyclic) bond motifs is 3. The van der Waals surface area contributed by atoms with Crippen LogP contribution in [0.15, 0.2) is 42.6 Å². The van der Waals surface area contributed by atoms with Crippen molar-refractivity contribution in [1.82, 2.24) is 14.8 Å². The van der Waals surface area contributed by atoms with Gasteiger partial charge in [0.05, 0.1) is 11.4 Å². The SMILES string of the molecule is NC(C1CC1)n1nc2c(c1C(=O)O)CCc1cnc(C=Cc3ccccc3)cc1-2. The van der Waals surface area contributed by atoms with E-state index < -0.39 is 5.97 Å². The van der Waals surface area contributed by atoms with Gasteiger partial charge in [-0.2, -0.15) is 5.10 Å². The zero-order valence-corrected chi connectivity index (χ0v) is 16.0. The van der Waals surface area contributed by atoms with Gasteiger partial charge in [0.25, 0.3) is 0 Å². The molecule has 6 nitrogen and oxygen atoms in total. The monoisotopic (exact) mass is 386 g/mol. The van der Waals surface area contributed by atoms with E-state index in [0.717, 1.165) is 52.9 Å². The number of rotatable bonds is 5. The van der Waals surface area contributed by atoms with Crippen molar-refractivity contribution in [1.29, 1.82) is 0 Å². The number of benzene rings is 1. The highest BCUT2D eigenvalue weighted by atomic mass is 16.4. The molecule has 2 aliphatic rings. The van der Waals surface area contributed by atoms with Crippen molar-refractivity contribution in [3.63, 3.8) is 0 Å². The fourth-order valence-corrected chi connectivity index (χ4v) is 4.02. The van der Waals surface area contributed by atoms with E-state index in [9.17, 15) is 9.90 Å². The van der Waals surface area contributed by atoms with Crippen molar-refractivity contribution < 1.29 is 9.90 Å². The molecule has 0 bridgehead atoms. The highest BCUT2D eigenvalue weighted by Crippen LogP contribution is 2.40. The molecule has 3 aromatic rings. The molecule has 0 amide bonds. The maximum Gasteiger partial charge on any atom is 0.354 e. The lowest BCUT2D eigenvalue weighted by Crippen LogP contribution is -2.25. The third-order valence-electron chi connectivity index (χ3n) is 5.75. The first-order chi connectivity index (χ1) is 14.1. The second-order valence-electron chi connectivity index (χ2n) is 7.76.